The Morgan fingerprint density at radius 1 is 1.27 bits per heavy atom. The Kier molecular flexibility index (Phi) is 13.0. The molecule has 0 atom stereocenters. The number of allylic oxidation sites excluding steroid dienone is 1. The number of nitrogens with one attached hydrogen (secondary N) is 1. The summed E-state index contributed by atoms with van der Waals surface area (Å²) in [4.78, 5) is 37.1. The normalized spacial score (nSPS) is 10.3. The summed E-state index contributed by atoms with van der Waals surface area (Å²) >= 11 is 0. The number of aryl methyl sites for hydroxylation is 1. The second-order valence-corrected chi connectivity index (χ2v) is 7.20. The van der Waals surface area contributed by atoms with Crippen LogP contribution in [0.25, 0.3) is 0 Å². The molecule has 0 unspecified atom stereocenters. The summed E-state index contributed by atoms with van der Waals surface area (Å²) in [6, 6.07) is 11.3. The van der Waals surface area contributed by atoms with Crippen molar-refractivity contribution in [3.63, 3.8) is 0 Å². The summed E-state index contributed by atoms with van der Waals surface area (Å²) in [6.07, 6.45) is 1.44. The molecular formula is C24H30FN5O3. The molecule has 0 spiro atoms. The van der Waals surface area contributed by atoms with E-state index < -0.39 is 5.95 Å². The lowest BCUT2D eigenvalue weighted by Gasteiger charge is -2.19. The largest absolute Gasteiger partial charge is 0.384 e. The Balaban J connectivity index is 0.000000481. The number of aromatic nitrogens is 1. The monoisotopic (exact) mass is 455 g/mol. The molecule has 0 aliphatic rings. The van der Waals surface area contributed by atoms with Crippen LogP contribution in [0.2, 0.25) is 0 Å². The molecule has 0 saturated carbocycles. The highest BCUT2D eigenvalue weighted by atomic mass is 19.1. The van der Waals surface area contributed by atoms with Crippen molar-refractivity contribution in [3.05, 3.63) is 70.3 Å². The van der Waals surface area contributed by atoms with E-state index in [1.54, 1.807) is 39.2 Å². The highest BCUT2D eigenvalue weighted by molar-refractivity contribution is 5.94. The minimum absolute atomic E-state index is 0.0948. The van der Waals surface area contributed by atoms with Crippen LogP contribution >= 0.6 is 0 Å². The molecule has 0 aliphatic carbocycles. The van der Waals surface area contributed by atoms with Gasteiger partial charge in [0, 0.05) is 30.9 Å². The number of nitrogens with zero attached hydrogens (tertiary/aromatic N) is 3. The lowest BCUT2D eigenvalue weighted by atomic mass is 10.00. The summed E-state index contributed by atoms with van der Waals surface area (Å²) in [5.41, 5.74) is 8.47. The van der Waals surface area contributed by atoms with Gasteiger partial charge in [-0.3, -0.25) is 14.4 Å². The van der Waals surface area contributed by atoms with Crippen LogP contribution in [0.4, 0.5) is 10.2 Å². The fourth-order valence-corrected chi connectivity index (χ4v) is 2.62. The SMILES string of the molecule is CNC(=O)/C(=C(/C)N(C)C=O)C(C)C.Cc1cc(C#N)cc(C=O)c1.Nc1cccc(F)n1. The summed E-state index contributed by atoms with van der Waals surface area (Å²) < 4.78 is 12.0. The molecule has 9 heteroatoms. The molecule has 0 fully saturated rings. The van der Waals surface area contributed by atoms with E-state index in [-0.39, 0.29) is 17.6 Å². The minimum Gasteiger partial charge on any atom is -0.384 e. The average molecular weight is 456 g/mol. The fourth-order valence-electron chi connectivity index (χ4n) is 2.62. The maximum absolute atomic E-state index is 12.0. The van der Waals surface area contributed by atoms with Crippen molar-refractivity contribution >= 4 is 24.4 Å². The Hall–Kier alpha value is -4.06. The summed E-state index contributed by atoms with van der Waals surface area (Å²) in [7, 11) is 3.21. The van der Waals surface area contributed by atoms with Crippen molar-refractivity contribution in [2.75, 3.05) is 19.8 Å². The zero-order valence-electron chi connectivity index (χ0n) is 19.7. The highest BCUT2D eigenvalue weighted by Crippen LogP contribution is 2.16. The van der Waals surface area contributed by atoms with Crippen molar-refractivity contribution in [2.24, 2.45) is 5.92 Å². The van der Waals surface area contributed by atoms with Crippen LogP contribution in [0.5, 0.6) is 0 Å². The van der Waals surface area contributed by atoms with Gasteiger partial charge in [-0.2, -0.15) is 9.65 Å². The Morgan fingerprint density at radius 3 is 2.30 bits per heavy atom. The third-order valence-corrected chi connectivity index (χ3v) is 4.23. The van der Waals surface area contributed by atoms with Crippen LogP contribution in [-0.2, 0) is 9.59 Å². The van der Waals surface area contributed by atoms with Crippen LogP contribution in [0.1, 0.15) is 42.3 Å². The zero-order valence-corrected chi connectivity index (χ0v) is 19.7. The third-order valence-electron chi connectivity index (χ3n) is 4.23. The number of likely N-dealkylation sites (N-methyl/N-ethyl adjacent to an activating group) is 1. The predicted molar refractivity (Wildman–Crippen MR) is 125 cm³/mol. The van der Waals surface area contributed by atoms with Crippen LogP contribution < -0.4 is 11.1 Å². The predicted octanol–water partition coefficient (Wildman–Crippen LogP) is 3.23. The van der Waals surface area contributed by atoms with Gasteiger partial charge < -0.3 is 16.0 Å². The molecule has 1 aromatic carbocycles. The first-order chi connectivity index (χ1) is 15.5. The second-order valence-electron chi connectivity index (χ2n) is 7.20. The number of pyridine rings is 1. The van der Waals surface area contributed by atoms with Gasteiger partial charge in [0.05, 0.1) is 11.6 Å². The van der Waals surface area contributed by atoms with Gasteiger partial charge in [0.1, 0.15) is 12.1 Å². The third kappa shape index (κ3) is 10.7. The first-order valence-electron chi connectivity index (χ1n) is 9.96. The zero-order chi connectivity index (χ0) is 25.6. The molecule has 176 valence electrons. The lowest BCUT2D eigenvalue weighted by Crippen LogP contribution is -2.27. The van der Waals surface area contributed by atoms with E-state index in [9.17, 15) is 18.8 Å². The fraction of sp³-hybridized carbons (Fsp3) is 0.292. The quantitative estimate of drug-likeness (QED) is 0.404. The Morgan fingerprint density at radius 2 is 1.91 bits per heavy atom. The lowest BCUT2D eigenvalue weighted by molar-refractivity contribution is -0.117. The van der Waals surface area contributed by atoms with Gasteiger partial charge in [0.2, 0.25) is 18.3 Å². The van der Waals surface area contributed by atoms with E-state index in [0.717, 1.165) is 11.8 Å². The number of hydrogen-bond acceptors (Lipinski definition) is 6. The number of amides is 2. The minimum atomic E-state index is -0.537. The molecule has 2 aromatic rings. The molecule has 0 radical (unpaired) electrons. The number of carbonyl (C=O) groups excluding carboxylic acids is 3. The van der Waals surface area contributed by atoms with Crippen molar-refractivity contribution < 1.29 is 18.8 Å². The number of nitrogen functional groups attached to an aromatic ring is 1. The van der Waals surface area contributed by atoms with Gasteiger partial charge >= 0.3 is 0 Å². The number of hydrogen-bond donors (Lipinski definition) is 2. The molecule has 3 N–H and O–H groups in total. The number of benzene rings is 1. The van der Waals surface area contributed by atoms with Crippen LogP contribution in [0.3, 0.4) is 0 Å². The highest BCUT2D eigenvalue weighted by Gasteiger charge is 2.17. The molecule has 0 saturated heterocycles. The van der Waals surface area contributed by atoms with Gasteiger partial charge in [-0.1, -0.05) is 19.9 Å². The molecule has 1 heterocycles. The average Bonchev–Trinajstić information content (AvgIpc) is 2.78. The molecule has 2 rings (SSSR count). The molecular weight excluding hydrogens is 425 g/mol. The number of carbonyl (C=O) groups is 3. The number of rotatable bonds is 5. The van der Waals surface area contributed by atoms with Gasteiger partial charge in [0.15, 0.2) is 0 Å². The van der Waals surface area contributed by atoms with Gasteiger partial charge in [0.25, 0.3) is 0 Å². The second kappa shape index (κ2) is 14.9. The van der Waals surface area contributed by atoms with E-state index in [2.05, 4.69) is 10.3 Å². The van der Waals surface area contributed by atoms with Crippen LogP contribution in [0, 0.1) is 30.1 Å². The van der Waals surface area contributed by atoms with E-state index in [4.69, 9.17) is 11.0 Å². The van der Waals surface area contributed by atoms with E-state index in [0.29, 0.717) is 28.8 Å². The van der Waals surface area contributed by atoms with Crippen molar-refractivity contribution in [1.29, 1.82) is 5.26 Å². The number of nitrogens with two attached hydrogens (primary N) is 1. The van der Waals surface area contributed by atoms with E-state index in [1.807, 2.05) is 26.8 Å². The molecule has 2 amide bonds. The molecule has 1 aromatic heterocycles. The number of halogens is 1. The first-order valence-corrected chi connectivity index (χ1v) is 9.96. The van der Waals surface area contributed by atoms with Gasteiger partial charge in [-0.15, -0.1) is 0 Å². The first kappa shape index (κ1) is 28.9. The maximum atomic E-state index is 12.0. The number of nitriles is 1. The van der Waals surface area contributed by atoms with Crippen molar-refractivity contribution in [3.8, 4) is 6.07 Å². The van der Waals surface area contributed by atoms with Gasteiger partial charge in [-0.25, -0.2) is 4.98 Å². The Labute approximate surface area is 193 Å². The van der Waals surface area contributed by atoms with E-state index in [1.165, 1.54) is 23.1 Å². The summed E-state index contributed by atoms with van der Waals surface area (Å²) in [6.45, 7) is 7.46. The van der Waals surface area contributed by atoms with Crippen molar-refractivity contribution in [2.45, 2.75) is 27.7 Å². The Bertz CT molecular complexity index is 1010. The molecule has 0 bridgehead atoms. The van der Waals surface area contributed by atoms with Crippen LogP contribution in [-0.4, -0.2) is 42.6 Å². The summed E-state index contributed by atoms with van der Waals surface area (Å²) in [5, 5.41) is 11.1. The number of aldehydes is 1. The topological polar surface area (TPSA) is 129 Å². The van der Waals surface area contributed by atoms with Crippen molar-refractivity contribution in [1.82, 2.24) is 15.2 Å². The maximum Gasteiger partial charge on any atom is 0.248 e. The molecule has 8 nitrogen and oxygen atoms in total. The molecule has 33 heavy (non-hydrogen) atoms. The smallest absolute Gasteiger partial charge is 0.248 e. The van der Waals surface area contributed by atoms with E-state index >= 15 is 0 Å². The van der Waals surface area contributed by atoms with Crippen LogP contribution in [0.15, 0.2) is 47.7 Å². The standard InChI is InChI=1S/C10H18N2O2.C9H7NO.C5H5FN2/c1-7(2)9(10(14)11-4)8(3)12(5)6-13;1-7-2-8(5-10)4-9(3-7)6-11;6-4-2-1-3-5(7)8-4/h6-7H,1-5H3,(H,11,14);2-4,6H,1H3;1-3H,(H2,7,8)/b9-8-;;. The summed E-state index contributed by atoms with van der Waals surface area (Å²) in [5.74, 6) is -0.362. The number of anilines is 1. The van der Waals surface area contributed by atoms with Gasteiger partial charge in [-0.05, 0) is 55.7 Å². The molecule has 0 aliphatic heterocycles.